The molecule has 1 unspecified atom stereocenters. The van der Waals surface area contributed by atoms with Crippen LogP contribution in [0.4, 0.5) is 0 Å². The number of rotatable bonds is 3. The molecular formula is C4H7Cl2MgNO4. The van der Waals surface area contributed by atoms with Gasteiger partial charge in [-0.15, -0.1) is 0 Å². The van der Waals surface area contributed by atoms with Crippen molar-refractivity contribution in [2.24, 2.45) is 5.73 Å². The minimum Gasteiger partial charge on any atom is -1.00 e. The maximum Gasteiger partial charge on any atom is 2.00 e. The van der Waals surface area contributed by atoms with E-state index in [1.165, 1.54) is 0 Å². The van der Waals surface area contributed by atoms with Crippen molar-refractivity contribution in [1.29, 1.82) is 0 Å². The second-order valence-corrected chi connectivity index (χ2v) is 1.54. The molecule has 0 amide bonds. The van der Waals surface area contributed by atoms with Crippen LogP contribution in [-0.4, -0.2) is 51.2 Å². The standard InChI is InChI=1S/C4H7NO4.2ClH.Mg/c5-2(4(8)9)1-3(6)7;;;/h2H,1,5H2,(H,6,7)(H,8,9);2*1H;/q;;;+2/p-2. The van der Waals surface area contributed by atoms with Crippen LogP contribution >= 0.6 is 0 Å². The number of nitrogens with two attached hydrogens (primary N) is 1. The van der Waals surface area contributed by atoms with E-state index in [1.54, 1.807) is 0 Å². The van der Waals surface area contributed by atoms with Crippen LogP contribution in [0.15, 0.2) is 0 Å². The molecule has 0 aliphatic rings. The van der Waals surface area contributed by atoms with Crippen LogP contribution in [0, 0.1) is 0 Å². The zero-order chi connectivity index (χ0) is 7.44. The molecule has 0 saturated carbocycles. The molecule has 68 valence electrons. The number of hydrogen-bond donors (Lipinski definition) is 3. The summed E-state index contributed by atoms with van der Waals surface area (Å²) in [4.78, 5) is 19.6. The van der Waals surface area contributed by atoms with E-state index in [2.05, 4.69) is 0 Å². The summed E-state index contributed by atoms with van der Waals surface area (Å²) in [6.07, 6.45) is -0.532. The number of hydrogen-bond acceptors (Lipinski definition) is 3. The number of carbonyl (C=O) groups is 2. The SMILES string of the molecule is NC(CC(=O)O)C(=O)O.[Cl-].[Cl-].[Mg+2]. The zero-order valence-corrected chi connectivity index (χ0v) is 8.96. The van der Waals surface area contributed by atoms with Gasteiger partial charge in [0.2, 0.25) is 0 Å². The summed E-state index contributed by atoms with van der Waals surface area (Å²) >= 11 is 0. The Morgan fingerprint density at radius 3 is 1.67 bits per heavy atom. The summed E-state index contributed by atoms with van der Waals surface area (Å²) in [5.74, 6) is -2.50. The molecule has 8 heteroatoms. The van der Waals surface area contributed by atoms with Gasteiger partial charge in [-0.2, -0.15) is 0 Å². The first-order valence-corrected chi connectivity index (χ1v) is 2.24. The van der Waals surface area contributed by atoms with Crippen LogP contribution in [0.5, 0.6) is 0 Å². The zero-order valence-electron chi connectivity index (χ0n) is 6.04. The summed E-state index contributed by atoms with van der Waals surface area (Å²) in [6.45, 7) is 0. The molecule has 0 heterocycles. The third-order valence-electron chi connectivity index (χ3n) is 0.712. The fourth-order valence-electron chi connectivity index (χ4n) is 0.275. The Labute approximate surface area is 97.7 Å². The first-order valence-electron chi connectivity index (χ1n) is 2.24. The van der Waals surface area contributed by atoms with E-state index in [9.17, 15) is 9.59 Å². The van der Waals surface area contributed by atoms with Gasteiger partial charge in [-0.1, -0.05) is 0 Å². The van der Waals surface area contributed by atoms with Gasteiger partial charge in [0.15, 0.2) is 0 Å². The molecule has 5 nitrogen and oxygen atoms in total. The molecule has 0 aromatic heterocycles. The van der Waals surface area contributed by atoms with Crippen molar-refractivity contribution in [3.63, 3.8) is 0 Å². The smallest absolute Gasteiger partial charge is 1.00 e. The average Bonchev–Trinajstić information content (AvgIpc) is 1.63. The minimum atomic E-state index is -1.29. The predicted octanol–water partition coefficient (Wildman–Crippen LogP) is -7.50. The number of halogens is 2. The first-order chi connectivity index (χ1) is 4.04. The van der Waals surface area contributed by atoms with Crippen molar-refractivity contribution >= 4 is 35.0 Å². The second kappa shape index (κ2) is 11.2. The van der Waals surface area contributed by atoms with Gasteiger partial charge in [-0.3, -0.25) is 9.59 Å². The molecule has 0 radical (unpaired) electrons. The molecule has 4 N–H and O–H groups in total. The fourth-order valence-corrected chi connectivity index (χ4v) is 0.275. The van der Waals surface area contributed by atoms with Crippen molar-refractivity contribution in [3.05, 3.63) is 0 Å². The van der Waals surface area contributed by atoms with Crippen molar-refractivity contribution in [2.75, 3.05) is 0 Å². The molecule has 0 rings (SSSR count). The van der Waals surface area contributed by atoms with E-state index in [4.69, 9.17) is 15.9 Å². The Bertz CT molecular complexity index is 145. The van der Waals surface area contributed by atoms with Crippen molar-refractivity contribution < 1.29 is 44.6 Å². The van der Waals surface area contributed by atoms with E-state index >= 15 is 0 Å². The van der Waals surface area contributed by atoms with Gasteiger partial charge in [0.1, 0.15) is 6.04 Å². The van der Waals surface area contributed by atoms with E-state index in [0.29, 0.717) is 0 Å². The summed E-state index contributed by atoms with van der Waals surface area (Å²) < 4.78 is 0. The summed E-state index contributed by atoms with van der Waals surface area (Å²) in [5.41, 5.74) is 4.84. The summed E-state index contributed by atoms with van der Waals surface area (Å²) in [6, 6.07) is -1.29. The van der Waals surface area contributed by atoms with Crippen LogP contribution in [0.3, 0.4) is 0 Å². The summed E-state index contributed by atoms with van der Waals surface area (Å²) in [7, 11) is 0. The van der Waals surface area contributed by atoms with Crippen molar-refractivity contribution in [2.45, 2.75) is 12.5 Å². The molecule has 12 heavy (non-hydrogen) atoms. The molecule has 0 bridgehead atoms. The molecule has 1 atom stereocenters. The van der Waals surface area contributed by atoms with E-state index in [0.717, 1.165) is 0 Å². The van der Waals surface area contributed by atoms with E-state index in [-0.39, 0.29) is 47.9 Å². The van der Waals surface area contributed by atoms with E-state index in [1.807, 2.05) is 0 Å². The van der Waals surface area contributed by atoms with Gasteiger partial charge >= 0.3 is 35.0 Å². The quantitative estimate of drug-likeness (QED) is 0.417. The number of carboxylic acids is 2. The second-order valence-electron chi connectivity index (χ2n) is 1.54. The Kier molecular flexibility index (Phi) is 21.3. The predicted molar refractivity (Wildman–Crippen MR) is 33.6 cm³/mol. The minimum absolute atomic E-state index is 0. The van der Waals surface area contributed by atoms with Crippen LogP contribution in [-0.2, 0) is 9.59 Å². The summed E-state index contributed by atoms with van der Waals surface area (Å²) in [5, 5.41) is 16.0. The average molecular weight is 228 g/mol. The molecule has 0 aromatic rings. The van der Waals surface area contributed by atoms with Crippen molar-refractivity contribution in [1.82, 2.24) is 0 Å². The molecule has 0 spiro atoms. The molecular weight excluding hydrogens is 221 g/mol. The normalized spacial score (nSPS) is 9.42. The monoisotopic (exact) mass is 227 g/mol. The van der Waals surface area contributed by atoms with E-state index < -0.39 is 24.4 Å². The maximum absolute atomic E-state index is 9.85. The third-order valence-corrected chi connectivity index (χ3v) is 0.712. The van der Waals surface area contributed by atoms with Gasteiger partial charge in [-0.05, 0) is 0 Å². The Morgan fingerprint density at radius 1 is 1.25 bits per heavy atom. The number of carboxylic acid groups (broad SMARTS) is 2. The van der Waals surface area contributed by atoms with Crippen LogP contribution in [0.25, 0.3) is 0 Å². The van der Waals surface area contributed by atoms with Gasteiger partial charge in [0.25, 0.3) is 0 Å². The topological polar surface area (TPSA) is 101 Å². The fraction of sp³-hybridized carbons (Fsp3) is 0.500. The van der Waals surface area contributed by atoms with Gasteiger partial charge in [0, 0.05) is 0 Å². The molecule has 0 saturated heterocycles. The largest absolute Gasteiger partial charge is 2.00 e. The maximum atomic E-state index is 9.85. The van der Waals surface area contributed by atoms with Gasteiger partial charge in [-0.25, -0.2) is 0 Å². The molecule has 0 aliphatic carbocycles. The van der Waals surface area contributed by atoms with Crippen LogP contribution in [0.1, 0.15) is 6.42 Å². The molecule has 0 aliphatic heterocycles. The first kappa shape index (κ1) is 22.8. The molecule has 0 aromatic carbocycles. The Hall–Kier alpha value is 0.246. The van der Waals surface area contributed by atoms with Crippen LogP contribution in [0.2, 0.25) is 0 Å². The third kappa shape index (κ3) is 12.9. The Morgan fingerprint density at radius 2 is 1.58 bits per heavy atom. The number of aliphatic carboxylic acids is 2. The molecule has 0 fully saturated rings. The van der Waals surface area contributed by atoms with Gasteiger partial charge in [0.05, 0.1) is 6.42 Å². The van der Waals surface area contributed by atoms with Crippen molar-refractivity contribution in [3.8, 4) is 0 Å². The van der Waals surface area contributed by atoms with Crippen LogP contribution < -0.4 is 30.5 Å². The van der Waals surface area contributed by atoms with Gasteiger partial charge < -0.3 is 40.8 Å². The Balaban J connectivity index is -0.000000107.